The molecule has 2 aliphatic heterocycles. The van der Waals surface area contributed by atoms with Crippen molar-refractivity contribution in [2.24, 2.45) is 0 Å². The van der Waals surface area contributed by atoms with Crippen molar-refractivity contribution in [3.63, 3.8) is 0 Å². The standard InChI is InChI=1S/C18H21NSi/c1-20(15-8-3-2-4-9-15)16-10-7-13-19(14-16)17-11-5-6-12-18(17)20/h2-6,8-9,11-12,16H,7,10,13-14H2,1H3. The first-order valence-electron chi connectivity index (χ1n) is 7.70. The van der Waals surface area contributed by atoms with E-state index in [4.69, 9.17) is 0 Å². The molecule has 0 amide bonds. The molecule has 0 radical (unpaired) electrons. The summed E-state index contributed by atoms with van der Waals surface area (Å²) < 4.78 is 0. The number of nitrogens with zero attached hydrogens (tertiary/aromatic N) is 1. The summed E-state index contributed by atoms with van der Waals surface area (Å²) >= 11 is 0. The molecule has 2 aromatic rings. The maximum absolute atomic E-state index is 2.63. The highest BCUT2D eigenvalue weighted by Crippen LogP contribution is 2.39. The van der Waals surface area contributed by atoms with Crippen LogP contribution in [0.4, 0.5) is 5.69 Å². The van der Waals surface area contributed by atoms with Gasteiger partial charge >= 0.3 is 0 Å². The third-order valence-corrected chi connectivity index (χ3v) is 10.6. The van der Waals surface area contributed by atoms with Gasteiger partial charge < -0.3 is 4.90 Å². The van der Waals surface area contributed by atoms with Gasteiger partial charge in [0.05, 0.1) is 0 Å². The Morgan fingerprint density at radius 2 is 1.75 bits per heavy atom. The van der Waals surface area contributed by atoms with E-state index < -0.39 is 8.07 Å². The number of benzene rings is 2. The van der Waals surface area contributed by atoms with Crippen LogP contribution in [-0.4, -0.2) is 21.2 Å². The van der Waals surface area contributed by atoms with Gasteiger partial charge in [0.15, 0.2) is 0 Å². The van der Waals surface area contributed by atoms with Crippen molar-refractivity contribution in [3.8, 4) is 0 Å². The van der Waals surface area contributed by atoms with Crippen molar-refractivity contribution < 1.29 is 0 Å². The molecule has 102 valence electrons. The second-order valence-corrected chi connectivity index (χ2v) is 10.7. The van der Waals surface area contributed by atoms with Gasteiger partial charge in [0.1, 0.15) is 8.07 Å². The van der Waals surface area contributed by atoms with Crippen molar-refractivity contribution in [1.82, 2.24) is 0 Å². The molecule has 4 rings (SSSR count). The molecule has 0 spiro atoms. The summed E-state index contributed by atoms with van der Waals surface area (Å²) in [4.78, 5) is 2.63. The van der Waals surface area contributed by atoms with Crippen molar-refractivity contribution in [2.45, 2.75) is 24.9 Å². The van der Waals surface area contributed by atoms with Gasteiger partial charge in [-0.25, -0.2) is 0 Å². The average Bonchev–Trinajstić information content (AvgIpc) is 2.54. The van der Waals surface area contributed by atoms with Crippen LogP contribution in [0.1, 0.15) is 12.8 Å². The first kappa shape index (κ1) is 12.2. The van der Waals surface area contributed by atoms with Gasteiger partial charge in [-0.1, -0.05) is 60.3 Å². The minimum Gasteiger partial charge on any atom is -0.372 e. The van der Waals surface area contributed by atoms with Crippen molar-refractivity contribution in [1.29, 1.82) is 0 Å². The van der Waals surface area contributed by atoms with E-state index in [1.165, 1.54) is 31.6 Å². The van der Waals surface area contributed by atoms with Gasteiger partial charge in [-0.15, -0.1) is 0 Å². The van der Waals surface area contributed by atoms with E-state index in [1.807, 2.05) is 0 Å². The minimum absolute atomic E-state index is 0.869. The van der Waals surface area contributed by atoms with Gasteiger partial charge in [0.2, 0.25) is 0 Å². The molecular weight excluding hydrogens is 258 g/mol. The van der Waals surface area contributed by atoms with Crippen LogP contribution in [0.5, 0.6) is 0 Å². The lowest BCUT2D eigenvalue weighted by molar-refractivity contribution is 0.561. The van der Waals surface area contributed by atoms with Crippen LogP contribution < -0.4 is 15.3 Å². The van der Waals surface area contributed by atoms with Crippen molar-refractivity contribution >= 4 is 24.1 Å². The lowest BCUT2D eigenvalue weighted by atomic mass is 10.1. The Kier molecular flexibility index (Phi) is 2.74. The molecule has 2 aromatic carbocycles. The number of fused-ring (bicyclic) bond motifs is 4. The highest BCUT2D eigenvalue weighted by Gasteiger charge is 2.47. The number of hydrogen-bond acceptors (Lipinski definition) is 1. The number of rotatable bonds is 1. The number of para-hydroxylation sites is 1. The van der Waals surface area contributed by atoms with Gasteiger partial charge in [0.25, 0.3) is 0 Å². The van der Waals surface area contributed by atoms with Crippen LogP contribution in [0.15, 0.2) is 54.6 Å². The molecular formula is C18H21NSi. The Balaban J connectivity index is 1.96. The largest absolute Gasteiger partial charge is 0.372 e. The maximum atomic E-state index is 2.63. The lowest BCUT2D eigenvalue weighted by Gasteiger charge is -2.50. The topological polar surface area (TPSA) is 3.24 Å². The van der Waals surface area contributed by atoms with Crippen LogP contribution in [0.25, 0.3) is 0 Å². The van der Waals surface area contributed by atoms with Gasteiger partial charge in [0, 0.05) is 18.8 Å². The summed E-state index contributed by atoms with van der Waals surface area (Å²) in [6, 6.07) is 20.5. The Bertz CT molecular complexity index is 624. The smallest absolute Gasteiger partial charge is 0.122 e. The Hall–Kier alpha value is -1.54. The number of hydrogen-bond donors (Lipinski definition) is 0. The second-order valence-electron chi connectivity index (χ2n) is 6.37. The van der Waals surface area contributed by atoms with E-state index in [-0.39, 0.29) is 0 Å². The zero-order valence-electron chi connectivity index (χ0n) is 12.0. The van der Waals surface area contributed by atoms with Crippen molar-refractivity contribution in [3.05, 3.63) is 54.6 Å². The van der Waals surface area contributed by atoms with Gasteiger partial charge in [-0.3, -0.25) is 0 Å². The first-order valence-corrected chi connectivity index (χ1v) is 10.3. The third-order valence-electron chi connectivity index (χ3n) is 5.42. The van der Waals surface area contributed by atoms with E-state index in [9.17, 15) is 0 Å². The summed E-state index contributed by atoms with van der Waals surface area (Å²) in [6.07, 6.45) is 2.76. The molecule has 1 saturated heterocycles. The second kappa shape index (κ2) is 4.49. The number of piperidine rings is 1. The normalized spacial score (nSPS) is 28.1. The first-order chi connectivity index (χ1) is 9.80. The minimum atomic E-state index is -1.60. The van der Waals surface area contributed by atoms with Crippen molar-refractivity contribution in [2.75, 3.05) is 18.0 Å². The molecule has 0 N–H and O–H groups in total. The molecule has 20 heavy (non-hydrogen) atoms. The highest BCUT2D eigenvalue weighted by atomic mass is 28.3. The third kappa shape index (κ3) is 1.61. The van der Waals surface area contributed by atoms with Gasteiger partial charge in [-0.2, -0.15) is 0 Å². The van der Waals surface area contributed by atoms with E-state index in [0.717, 1.165) is 5.54 Å². The molecule has 1 nitrogen and oxygen atoms in total. The molecule has 2 aliphatic rings. The monoisotopic (exact) mass is 279 g/mol. The zero-order valence-corrected chi connectivity index (χ0v) is 13.0. The van der Waals surface area contributed by atoms with Crippen LogP contribution in [0.3, 0.4) is 0 Å². The molecule has 2 heterocycles. The molecule has 2 atom stereocenters. The lowest BCUT2D eigenvalue weighted by Crippen LogP contribution is -2.66. The van der Waals surface area contributed by atoms with E-state index >= 15 is 0 Å². The fourth-order valence-electron chi connectivity index (χ4n) is 4.25. The van der Waals surface area contributed by atoms with Crippen LogP contribution in [0, 0.1) is 0 Å². The van der Waals surface area contributed by atoms with Crippen LogP contribution >= 0.6 is 0 Å². The molecule has 1 fully saturated rings. The summed E-state index contributed by atoms with van der Waals surface area (Å²) in [7, 11) is -1.60. The summed E-state index contributed by atoms with van der Waals surface area (Å²) in [5.41, 5.74) is 2.38. The quantitative estimate of drug-likeness (QED) is 0.726. The molecule has 2 unspecified atom stereocenters. The Labute approximate surface area is 122 Å². The van der Waals surface area contributed by atoms with Crippen LogP contribution in [-0.2, 0) is 0 Å². The molecule has 2 heteroatoms. The molecule has 0 aromatic heterocycles. The Morgan fingerprint density at radius 3 is 2.60 bits per heavy atom. The molecule has 0 aliphatic carbocycles. The average molecular weight is 279 g/mol. The fraction of sp³-hybridized carbons (Fsp3) is 0.333. The summed E-state index contributed by atoms with van der Waals surface area (Å²) in [5.74, 6) is 0. The summed E-state index contributed by atoms with van der Waals surface area (Å²) in [5, 5.41) is 3.26. The molecule has 0 saturated carbocycles. The van der Waals surface area contributed by atoms with E-state index in [1.54, 1.807) is 10.4 Å². The number of anilines is 1. The summed E-state index contributed by atoms with van der Waals surface area (Å²) in [6.45, 7) is 5.11. The fourth-order valence-corrected chi connectivity index (χ4v) is 8.94. The Morgan fingerprint density at radius 1 is 1.00 bits per heavy atom. The maximum Gasteiger partial charge on any atom is 0.122 e. The predicted molar refractivity (Wildman–Crippen MR) is 89.0 cm³/mol. The van der Waals surface area contributed by atoms with Gasteiger partial charge in [-0.05, 0) is 29.6 Å². The zero-order chi connectivity index (χ0) is 13.6. The van der Waals surface area contributed by atoms with E-state index in [0.29, 0.717) is 0 Å². The van der Waals surface area contributed by atoms with E-state index in [2.05, 4.69) is 66.0 Å². The SMILES string of the molecule is C[Si]1(c2ccccc2)c2ccccc2N2CCCC1C2. The predicted octanol–water partition coefficient (Wildman–Crippen LogP) is 2.86. The highest BCUT2D eigenvalue weighted by molar-refractivity contribution is 7.03. The molecule has 2 bridgehead atoms. The van der Waals surface area contributed by atoms with Crippen LogP contribution in [0.2, 0.25) is 12.1 Å².